The molecule has 1 atom stereocenters. The van der Waals surface area contributed by atoms with Crippen LogP contribution in [0.5, 0.6) is 0 Å². The fraction of sp³-hybridized carbons (Fsp3) is 0.412. The first kappa shape index (κ1) is 18.6. The molecule has 1 amide bonds. The molecule has 140 valence electrons. The average molecular weight is 387 g/mol. The number of nitrogen functional groups attached to an aromatic ring is 1. The number of amides is 1. The second-order valence-corrected chi connectivity index (χ2v) is 6.86. The van der Waals surface area contributed by atoms with Crippen molar-refractivity contribution in [3.05, 3.63) is 46.1 Å². The highest BCUT2D eigenvalue weighted by Crippen LogP contribution is 2.39. The maximum absolute atomic E-state index is 13.4. The van der Waals surface area contributed by atoms with E-state index < -0.39 is 17.7 Å². The summed E-state index contributed by atoms with van der Waals surface area (Å²) in [7, 11) is 1.65. The zero-order valence-corrected chi connectivity index (χ0v) is 14.8. The van der Waals surface area contributed by atoms with Crippen molar-refractivity contribution in [2.75, 3.05) is 18.8 Å². The molecule has 1 aromatic heterocycles. The molecule has 0 bridgehead atoms. The molecule has 1 saturated heterocycles. The molecule has 1 aromatic carbocycles. The summed E-state index contributed by atoms with van der Waals surface area (Å²) in [6.07, 6.45) is -1.81. The van der Waals surface area contributed by atoms with Crippen LogP contribution in [0.1, 0.15) is 40.2 Å². The van der Waals surface area contributed by atoms with E-state index in [0.717, 1.165) is 6.07 Å². The van der Waals surface area contributed by atoms with E-state index in [4.69, 9.17) is 17.3 Å². The van der Waals surface area contributed by atoms with Gasteiger partial charge in [0, 0.05) is 37.3 Å². The third-order valence-electron chi connectivity index (χ3n) is 4.56. The Morgan fingerprint density at radius 1 is 1.38 bits per heavy atom. The fourth-order valence-corrected chi connectivity index (χ4v) is 3.56. The number of anilines is 1. The van der Waals surface area contributed by atoms with E-state index in [-0.39, 0.29) is 34.4 Å². The molecule has 2 N–H and O–H groups in total. The number of carbonyl (C=O) groups excluding carboxylic acids is 1. The van der Waals surface area contributed by atoms with E-state index >= 15 is 0 Å². The molecule has 2 aromatic rings. The van der Waals surface area contributed by atoms with Gasteiger partial charge in [-0.2, -0.15) is 18.3 Å². The monoisotopic (exact) mass is 386 g/mol. The first-order valence-electron chi connectivity index (χ1n) is 8.12. The Hall–Kier alpha value is -2.22. The van der Waals surface area contributed by atoms with Gasteiger partial charge in [0.05, 0.1) is 5.56 Å². The standard InChI is InChI=1S/C17H18ClF3N4O/c1-24-9-13(15(22)23-24)16(26)25-6-2-3-10(8-25)12-5-4-11(18)7-14(12)17(19,20)21/h4-5,7,9-10H,2-3,6,8H2,1H3,(H2,22,23)/t10-/m0/s1. The molecule has 1 aliphatic heterocycles. The predicted octanol–water partition coefficient (Wildman–Crippen LogP) is 3.69. The first-order valence-corrected chi connectivity index (χ1v) is 8.49. The molecular formula is C17H18ClF3N4O. The highest BCUT2D eigenvalue weighted by molar-refractivity contribution is 6.30. The number of likely N-dealkylation sites (tertiary alicyclic amines) is 1. The Bertz CT molecular complexity index is 834. The van der Waals surface area contributed by atoms with Gasteiger partial charge in [-0.1, -0.05) is 17.7 Å². The maximum Gasteiger partial charge on any atom is 0.416 e. The summed E-state index contributed by atoms with van der Waals surface area (Å²) < 4.78 is 41.6. The molecular weight excluding hydrogens is 369 g/mol. The Kier molecular flexibility index (Phi) is 4.88. The van der Waals surface area contributed by atoms with E-state index in [1.54, 1.807) is 7.05 Å². The largest absolute Gasteiger partial charge is 0.416 e. The molecule has 0 unspecified atom stereocenters. The Balaban J connectivity index is 1.88. The molecule has 0 aliphatic carbocycles. The molecule has 5 nitrogen and oxygen atoms in total. The van der Waals surface area contributed by atoms with Gasteiger partial charge in [-0.25, -0.2) is 0 Å². The minimum atomic E-state index is -4.50. The van der Waals surface area contributed by atoms with E-state index in [0.29, 0.717) is 19.4 Å². The Morgan fingerprint density at radius 2 is 2.12 bits per heavy atom. The van der Waals surface area contributed by atoms with Crippen molar-refractivity contribution in [2.24, 2.45) is 7.05 Å². The molecule has 3 rings (SSSR count). The third kappa shape index (κ3) is 3.65. The third-order valence-corrected chi connectivity index (χ3v) is 4.79. The van der Waals surface area contributed by atoms with E-state index in [9.17, 15) is 18.0 Å². The minimum Gasteiger partial charge on any atom is -0.382 e. The number of alkyl halides is 3. The van der Waals surface area contributed by atoms with Crippen LogP contribution in [0.15, 0.2) is 24.4 Å². The smallest absolute Gasteiger partial charge is 0.382 e. The zero-order chi connectivity index (χ0) is 19.1. The Labute approximate surface area is 153 Å². The highest BCUT2D eigenvalue weighted by atomic mass is 35.5. The summed E-state index contributed by atoms with van der Waals surface area (Å²) in [5, 5.41) is 3.98. The molecule has 0 radical (unpaired) electrons. The van der Waals surface area contributed by atoms with E-state index in [1.807, 2.05) is 0 Å². The van der Waals surface area contributed by atoms with Crippen molar-refractivity contribution < 1.29 is 18.0 Å². The van der Waals surface area contributed by atoms with Gasteiger partial charge in [0.1, 0.15) is 5.56 Å². The van der Waals surface area contributed by atoms with Crippen LogP contribution in [0.25, 0.3) is 0 Å². The number of nitrogens with two attached hydrogens (primary N) is 1. The maximum atomic E-state index is 13.4. The summed E-state index contributed by atoms with van der Waals surface area (Å²) in [5.74, 6) is -0.621. The summed E-state index contributed by atoms with van der Waals surface area (Å²) in [5.41, 5.74) is 5.43. The van der Waals surface area contributed by atoms with Crippen LogP contribution in [0.4, 0.5) is 19.0 Å². The summed E-state index contributed by atoms with van der Waals surface area (Å²) in [6.45, 7) is 0.663. The van der Waals surface area contributed by atoms with Gasteiger partial charge in [0.25, 0.3) is 5.91 Å². The summed E-state index contributed by atoms with van der Waals surface area (Å²) in [6, 6.07) is 3.80. The topological polar surface area (TPSA) is 64.2 Å². The lowest BCUT2D eigenvalue weighted by Gasteiger charge is -2.34. The lowest BCUT2D eigenvalue weighted by Crippen LogP contribution is -2.39. The molecule has 1 fully saturated rings. The molecule has 1 aliphatic rings. The first-order chi connectivity index (χ1) is 12.2. The molecule has 0 spiro atoms. The van der Waals surface area contributed by atoms with Crippen molar-refractivity contribution in [3.8, 4) is 0 Å². The van der Waals surface area contributed by atoms with Crippen LogP contribution in [-0.2, 0) is 13.2 Å². The quantitative estimate of drug-likeness (QED) is 0.856. The van der Waals surface area contributed by atoms with Gasteiger partial charge in [-0.3, -0.25) is 9.48 Å². The lowest BCUT2D eigenvalue weighted by atomic mass is 9.87. The van der Waals surface area contributed by atoms with Crippen molar-refractivity contribution >= 4 is 23.3 Å². The second-order valence-electron chi connectivity index (χ2n) is 6.42. The number of aryl methyl sites for hydroxylation is 1. The zero-order valence-electron chi connectivity index (χ0n) is 14.1. The van der Waals surface area contributed by atoms with Gasteiger partial charge < -0.3 is 10.6 Å². The fourth-order valence-electron chi connectivity index (χ4n) is 3.39. The van der Waals surface area contributed by atoms with Crippen LogP contribution in [0.2, 0.25) is 5.02 Å². The normalized spacial score (nSPS) is 18.2. The van der Waals surface area contributed by atoms with Crippen molar-refractivity contribution in [1.29, 1.82) is 0 Å². The van der Waals surface area contributed by atoms with E-state index in [2.05, 4.69) is 5.10 Å². The number of carbonyl (C=O) groups is 1. The predicted molar refractivity (Wildman–Crippen MR) is 92.0 cm³/mol. The molecule has 2 heterocycles. The summed E-state index contributed by atoms with van der Waals surface area (Å²) in [4.78, 5) is 14.2. The van der Waals surface area contributed by atoms with Crippen molar-refractivity contribution in [1.82, 2.24) is 14.7 Å². The average Bonchev–Trinajstić information content (AvgIpc) is 2.92. The van der Waals surface area contributed by atoms with Crippen molar-refractivity contribution in [3.63, 3.8) is 0 Å². The van der Waals surface area contributed by atoms with Crippen LogP contribution in [0, 0.1) is 0 Å². The second kappa shape index (κ2) is 6.83. The van der Waals surface area contributed by atoms with Gasteiger partial charge in [0.2, 0.25) is 0 Å². The van der Waals surface area contributed by atoms with Crippen LogP contribution in [0.3, 0.4) is 0 Å². The molecule has 26 heavy (non-hydrogen) atoms. The highest BCUT2D eigenvalue weighted by Gasteiger charge is 2.37. The SMILES string of the molecule is Cn1cc(C(=O)N2CCC[C@H](c3ccc(Cl)cc3C(F)(F)F)C2)c(N)n1. The van der Waals surface area contributed by atoms with Gasteiger partial charge in [-0.05, 0) is 30.5 Å². The number of hydrogen-bond donors (Lipinski definition) is 1. The van der Waals surface area contributed by atoms with Crippen molar-refractivity contribution in [2.45, 2.75) is 24.9 Å². The van der Waals surface area contributed by atoms with Crippen LogP contribution in [-0.4, -0.2) is 33.7 Å². The summed E-state index contributed by atoms with van der Waals surface area (Å²) >= 11 is 5.75. The van der Waals surface area contributed by atoms with Crippen LogP contribution < -0.4 is 5.73 Å². The Morgan fingerprint density at radius 3 is 2.73 bits per heavy atom. The number of nitrogens with zero attached hydrogens (tertiary/aromatic N) is 3. The number of hydrogen-bond acceptors (Lipinski definition) is 3. The minimum absolute atomic E-state index is 0.0351. The van der Waals surface area contributed by atoms with Gasteiger partial charge in [0.15, 0.2) is 5.82 Å². The number of piperidine rings is 1. The van der Waals surface area contributed by atoms with Gasteiger partial charge >= 0.3 is 6.18 Å². The van der Waals surface area contributed by atoms with Gasteiger partial charge in [-0.15, -0.1) is 0 Å². The van der Waals surface area contributed by atoms with E-state index in [1.165, 1.54) is 27.9 Å². The number of rotatable bonds is 2. The lowest BCUT2D eigenvalue weighted by molar-refractivity contribution is -0.138. The molecule has 9 heteroatoms. The number of benzene rings is 1. The number of aromatic nitrogens is 2. The number of halogens is 4. The van der Waals surface area contributed by atoms with Crippen LogP contribution >= 0.6 is 11.6 Å². The molecule has 0 saturated carbocycles.